The van der Waals surface area contributed by atoms with E-state index in [0.717, 1.165) is 27.2 Å². The highest BCUT2D eigenvalue weighted by Gasteiger charge is 2.16. The van der Waals surface area contributed by atoms with E-state index in [-0.39, 0.29) is 12.3 Å². The number of carbonyl (C=O) groups excluding carboxylic acids is 1. The average Bonchev–Trinajstić information content (AvgIpc) is 3.45. The van der Waals surface area contributed by atoms with E-state index in [1.54, 1.807) is 34.3 Å². The van der Waals surface area contributed by atoms with Crippen LogP contribution in [0.25, 0.3) is 27.3 Å². The summed E-state index contributed by atoms with van der Waals surface area (Å²) in [6.07, 6.45) is 1.69. The van der Waals surface area contributed by atoms with Gasteiger partial charge in [0.05, 0.1) is 40.6 Å². The van der Waals surface area contributed by atoms with Gasteiger partial charge in [-0.1, -0.05) is 12.1 Å². The Labute approximate surface area is 193 Å². The number of nitrogens with zero attached hydrogens (tertiary/aromatic N) is 5. The van der Waals surface area contributed by atoms with Crippen molar-refractivity contribution in [3.05, 3.63) is 77.7 Å². The van der Waals surface area contributed by atoms with Crippen LogP contribution in [0.2, 0.25) is 0 Å². The molecule has 5 rings (SSSR count). The lowest BCUT2D eigenvalue weighted by Crippen LogP contribution is -2.15. The summed E-state index contributed by atoms with van der Waals surface area (Å²) in [5.74, 6) is 0.942. The van der Waals surface area contributed by atoms with Gasteiger partial charge in [-0.15, -0.1) is 11.3 Å². The van der Waals surface area contributed by atoms with Crippen LogP contribution in [0.3, 0.4) is 0 Å². The van der Waals surface area contributed by atoms with Gasteiger partial charge >= 0.3 is 0 Å². The fourth-order valence-corrected chi connectivity index (χ4v) is 4.24. The first kappa shape index (κ1) is 20.8. The third kappa shape index (κ3) is 4.44. The van der Waals surface area contributed by atoms with Crippen molar-refractivity contribution in [1.82, 2.24) is 24.7 Å². The van der Waals surface area contributed by atoms with Crippen LogP contribution < -0.4 is 10.1 Å². The number of thiazole rings is 1. The largest absolute Gasteiger partial charge is 0.481 e. The van der Waals surface area contributed by atoms with Crippen molar-refractivity contribution in [2.45, 2.75) is 13.3 Å². The molecule has 8 nitrogen and oxygen atoms in total. The molecule has 0 aliphatic rings. The normalized spacial score (nSPS) is 11.0. The number of methoxy groups -OCH3 is 1. The van der Waals surface area contributed by atoms with Crippen molar-refractivity contribution < 1.29 is 9.53 Å². The zero-order valence-corrected chi connectivity index (χ0v) is 18.8. The van der Waals surface area contributed by atoms with E-state index in [0.29, 0.717) is 23.1 Å². The highest BCUT2D eigenvalue weighted by molar-refractivity contribution is 7.16. The molecule has 0 spiro atoms. The van der Waals surface area contributed by atoms with Gasteiger partial charge in [-0.25, -0.2) is 19.6 Å². The maximum Gasteiger partial charge on any atom is 0.230 e. The maximum absolute atomic E-state index is 12.7. The van der Waals surface area contributed by atoms with Crippen LogP contribution in [0.4, 0.5) is 5.69 Å². The summed E-state index contributed by atoms with van der Waals surface area (Å²) < 4.78 is 7.99. The van der Waals surface area contributed by atoms with Crippen molar-refractivity contribution in [3.63, 3.8) is 0 Å². The molecule has 4 heterocycles. The Kier molecular flexibility index (Phi) is 5.54. The number of benzene rings is 1. The molecule has 5 aromatic rings. The number of aromatic nitrogens is 5. The molecule has 0 radical (unpaired) electrons. The van der Waals surface area contributed by atoms with Crippen LogP contribution in [-0.2, 0) is 11.2 Å². The SMILES string of the molecule is COc1cc(NC(=O)Cc2cc(-c3ccc4ncsc4c3)n(-c3cccc(C)n3)n2)ccn1. The molecule has 0 saturated heterocycles. The first-order chi connectivity index (χ1) is 16.1. The third-order valence-electron chi connectivity index (χ3n) is 5.05. The number of hydrogen-bond donors (Lipinski definition) is 1. The van der Waals surface area contributed by atoms with Crippen molar-refractivity contribution >= 4 is 33.1 Å². The van der Waals surface area contributed by atoms with Crippen molar-refractivity contribution in [3.8, 4) is 23.0 Å². The van der Waals surface area contributed by atoms with E-state index in [9.17, 15) is 4.79 Å². The van der Waals surface area contributed by atoms with Crippen LogP contribution in [0.15, 0.2) is 66.3 Å². The highest BCUT2D eigenvalue weighted by Crippen LogP contribution is 2.28. The smallest absolute Gasteiger partial charge is 0.230 e. The number of anilines is 1. The van der Waals surface area contributed by atoms with E-state index in [4.69, 9.17) is 9.84 Å². The average molecular weight is 457 g/mol. The first-order valence-corrected chi connectivity index (χ1v) is 11.1. The van der Waals surface area contributed by atoms with Gasteiger partial charge in [-0.2, -0.15) is 5.10 Å². The summed E-state index contributed by atoms with van der Waals surface area (Å²) >= 11 is 1.59. The number of aryl methyl sites for hydroxylation is 1. The van der Waals surface area contributed by atoms with Crippen molar-refractivity contribution in [2.75, 3.05) is 12.4 Å². The van der Waals surface area contributed by atoms with Crippen LogP contribution in [-0.4, -0.2) is 37.7 Å². The lowest BCUT2D eigenvalue weighted by molar-refractivity contribution is -0.115. The summed E-state index contributed by atoms with van der Waals surface area (Å²) in [5, 5.41) is 7.60. The second-order valence-corrected chi connectivity index (χ2v) is 8.30. The molecule has 0 aliphatic heterocycles. The fourth-order valence-electron chi connectivity index (χ4n) is 3.53. The van der Waals surface area contributed by atoms with E-state index < -0.39 is 0 Å². The molecule has 1 N–H and O–H groups in total. The van der Waals surface area contributed by atoms with Crippen LogP contribution in [0.5, 0.6) is 5.88 Å². The number of pyridine rings is 2. The molecule has 0 bridgehead atoms. The zero-order valence-electron chi connectivity index (χ0n) is 18.0. The summed E-state index contributed by atoms with van der Waals surface area (Å²) in [4.78, 5) is 25.8. The van der Waals surface area contributed by atoms with Crippen LogP contribution >= 0.6 is 11.3 Å². The summed E-state index contributed by atoms with van der Waals surface area (Å²) in [6, 6.07) is 17.2. The number of amides is 1. The molecule has 0 aliphatic carbocycles. The molecular weight excluding hydrogens is 436 g/mol. The Morgan fingerprint density at radius 1 is 1.12 bits per heavy atom. The Balaban J connectivity index is 1.49. The third-order valence-corrected chi connectivity index (χ3v) is 5.84. The summed E-state index contributed by atoms with van der Waals surface area (Å²) in [7, 11) is 1.53. The minimum atomic E-state index is -0.186. The van der Waals surface area contributed by atoms with Gasteiger partial charge in [0.2, 0.25) is 11.8 Å². The molecule has 1 aromatic carbocycles. The van der Waals surface area contributed by atoms with Gasteiger partial charge in [0.25, 0.3) is 0 Å². The molecule has 0 fully saturated rings. The number of hydrogen-bond acceptors (Lipinski definition) is 7. The van der Waals surface area contributed by atoms with E-state index in [1.165, 1.54) is 7.11 Å². The minimum Gasteiger partial charge on any atom is -0.481 e. The number of fused-ring (bicyclic) bond motifs is 1. The zero-order chi connectivity index (χ0) is 22.8. The molecule has 1 amide bonds. The standard InChI is InChI=1S/C24H20N6O2S/c1-15-4-3-5-22(27-15)30-20(16-6-7-19-21(10-16)33-14-26-19)11-18(29-30)12-23(31)28-17-8-9-25-24(13-17)32-2/h3-11,13-14H,12H2,1-2H3,(H,25,28,31). The molecule has 0 atom stereocenters. The molecule has 0 saturated carbocycles. The Morgan fingerprint density at radius 3 is 2.88 bits per heavy atom. The maximum atomic E-state index is 12.7. The van der Waals surface area contributed by atoms with E-state index >= 15 is 0 Å². The molecule has 4 aromatic heterocycles. The molecule has 0 unspecified atom stereocenters. The van der Waals surface area contributed by atoms with Crippen molar-refractivity contribution in [2.24, 2.45) is 0 Å². The first-order valence-electron chi connectivity index (χ1n) is 10.3. The van der Waals surface area contributed by atoms with E-state index in [2.05, 4.69) is 26.3 Å². The Morgan fingerprint density at radius 2 is 2.03 bits per heavy atom. The quantitative estimate of drug-likeness (QED) is 0.406. The van der Waals surface area contributed by atoms with Crippen molar-refractivity contribution in [1.29, 1.82) is 0 Å². The number of carbonyl (C=O) groups is 1. The van der Waals surface area contributed by atoms with Crippen LogP contribution in [0.1, 0.15) is 11.4 Å². The summed E-state index contributed by atoms with van der Waals surface area (Å²) in [6.45, 7) is 1.94. The van der Waals surface area contributed by atoms with Gasteiger partial charge in [-0.3, -0.25) is 4.79 Å². The second kappa shape index (κ2) is 8.79. The van der Waals surface area contributed by atoms with Gasteiger partial charge in [0.1, 0.15) is 0 Å². The molecular formula is C24H20N6O2S. The Bertz CT molecular complexity index is 1460. The van der Waals surface area contributed by atoms with E-state index in [1.807, 2.05) is 48.8 Å². The van der Waals surface area contributed by atoms with Gasteiger partial charge in [-0.05, 0) is 43.3 Å². The minimum absolute atomic E-state index is 0.110. The molecule has 164 valence electrons. The fraction of sp³-hybridized carbons (Fsp3) is 0.125. The predicted molar refractivity (Wildman–Crippen MR) is 128 cm³/mol. The monoisotopic (exact) mass is 456 g/mol. The topological polar surface area (TPSA) is 94.8 Å². The van der Waals surface area contributed by atoms with Gasteiger partial charge < -0.3 is 10.1 Å². The summed E-state index contributed by atoms with van der Waals surface area (Å²) in [5.41, 5.74) is 6.76. The predicted octanol–water partition coefficient (Wildman–Crippen LogP) is 4.44. The lowest BCUT2D eigenvalue weighted by atomic mass is 10.1. The van der Waals surface area contributed by atoms with Gasteiger partial charge in [0.15, 0.2) is 5.82 Å². The Hall–Kier alpha value is -4.11. The molecule has 9 heteroatoms. The second-order valence-electron chi connectivity index (χ2n) is 7.42. The highest BCUT2D eigenvalue weighted by atomic mass is 32.1. The number of nitrogens with one attached hydrogen (secondary N) is 1. The van der Waals surface area contributed by atoms with Gasteiger partial charge in [0, 0.05) is 29.2 Å². The van der Waals surface area contributed by atoms with Crippen LogP contribution in [0, 0.1) is 6.92 Å². The number of ether oxygens (including phenoxy) is 1. The number of rotatable bonds is 6. The molecule has 33 heavy (non-hydrogen) atoms. The lowest BCUT2D eigenvalue weighted by Gasteiger charge is -2.07.